The number of hydrogen-bond acceptors (Lipinski definition) is 3. The van der Waals surface area contributed by atoms with E-state index in [-0.39, 0.29) is 0 Å². The topological polar surface area (TPSA) is 35.5 Å². The predicted molar refractivity (Wildman–Crippen MR) is 86.8 cm³/mol. The average molecular weight is 341 g/mol. The van der Waals surface area contributed by atoms with Gasteiger partial charge in [-0.2, -0.15) is 0 Å². The first-order chi connectivity index (χ1) is 9.35. The quantitative estimate of drug-likeness (QED) is 0.884. The van der Waals surface area contributed by atoms with Crippen LogP contribution < -0.4 is 5.32 Å². The fraction of sp³-hybridized carbons (Fsp3) is 0.625. The molecule has 0 aliphatic carbocycles. The molecular weight excluding hydrogens is 316 g/mol. The first-order valence-electron chi connectivity index (χ1n) is 7.26. The fourth-order valence-corrected chi connectivity index (χ4v) is 3.00. The van der Waals surface area contributed by atoms with E-state index in [1.807, 2.05) is 13.8 Å². The van der Waals surface area contributed by atoms with Crippen molar-refractivity contribution in [1.82, 2.24) is 10.2 Å². The molecule has 2 unspecified atom stereocenters. The van der Waals surface area contributed by atoms with Crippen LogP contribution in [0.4, 0.5) is 0 Å². The maximum absolute atomic E-state index is 9.84. The zero-order valence-electron chi connectivity index (χ0n) is 12.6. The molecule has 2 N–H and O–H groups in total. The third kappa shape index (κ3) is 4.55. The van der Waals surface area contributed by atoms with Gasteiger partial charge in [0.25, 0.3) is 0 Å². The Bertz CT molecular complexity index is 427. The van der Waals surface area contributed by atoms with Gasteiger partial charge in [0.1, 0.15) is 0 Å². The van der Waals surface area contributed by atoms with E-state index in [4.69, 9.17) is 0 Å². The van der Waals surface area contributed by atoms with E-state index in [0.717, 1.165) is 23.9 Å². The van der Waals surface area contributed by atoms with Crippen molar-refractivity contribution in [2.75, 3.05) is 20.1 Å². The Morgan fingerprint density at radius 2 is 2.00 bits per heavy atom. The molecule has 1 aliphatic rings. The summed E-state index contributed by atoms with van der Waals surface area (Å²) in [7, 11) is 2.19. The number of likely N-dealkylation sites (tertiary alicyclic amines) is 1. The molecule has 2 rings (SSSR count). The van der Waals surface area contributed by atoms with Crippen LogP contribution in [0, 0.1) is 0 Å². The second kappa shape index (κ2) is 6.56. The molecule has 0 radical (unpaired) electrons. The maximum atomic E-state index is 9.84. The van der Waals surface area contributed by atoms with Gasteiger partial charge in [-0.1, -0.05) is 28.1 Å². The van der Waals surface area contributed by atoms with E-state index < -0.39 is 5.60 Å². The van der Waals surface area contributed by atoms with E-state index >= 15 is 0 Å². The number of aliphatic hydroxyl groups is 1. The van der Waals surface area contributed by atoms with E-state index in [9.17, 15) is 5.11 Å². The Hall–Kier alpha value is -0.420. The predicted octanol–water partition coefficient (Wildman–Crippen LogP) is 2.94. The lowest BCUT2D eigenvalue weighted by atomic mass is 9.92. The van der Waals surface area contributed by atoms with Crippen LogP contribution >= 0.6 is 15.9 Å². The van der Waals surface area contributed by atoms with Crippen LogP contribution in [-0.4, -0.2) is 41.8 Å². The summed E-state index contributed by atoms with van der Waals surface area (Å²) in [5, 5.41) is 13.3. The maximum Gasteiger partial charge on any atom is 0.0715 e. The van der Waals surface area contributed by atoms with Crippen molar-refractivity contribution in [3.63, 3.8) is 0 Å². The molecule has 0 bridgehead atoms. The summed E-state index contributed by atoms with van der Waals surface area (Å²) in [6.07, 6.45) is 2.23. The molecule has 1 aromatic rings. The van der Waals surface area contributed by atoms with Gasteiger partial charge in [0, 0.05) is 23.1 Å². The number of nitrogens with zero attached hydrogens (tertiary/aromatic N) is 1. The number of rotatable bonds is 4. The fourth-order valence-electron chi connectivity index (χ4n) is 2.74. The van der Waals surface area contributed by atoms with Gasteiger partial charge in [-0.15, -0.1) is 0 Å². The highest BCUT2D eigenvalue weighted by atomic mass is 79.9. The lowest BCUT2D eigenvalue weighted by Gasteiger charge is -2.38. The van der Waals surface area contributed by atoms with Gasteiger partial charge >= 0.3 is 0 Å². The van der Waals surface area contributed by atoms with Gasteiger partial charge in [0.15, 0.2) is 0 Å². The molecule has 3 nitrogen and oxygen atoms in total. The van der Waals surface area contributed by atoms with Gasteiger partial charge in [-0.3, -0.25) is 4.90 Å². The largest absolute Gasteiger partial charge is 0.389 e. The van der Waals surface area contributed by atoms with Crippen molar-refractivity contribution in [3.05, 3.63) is 34.3 Å². The second-order valence-corrected chi connectivity index (χ2v) is 7.38. The normalized spacial score (nSPS) is 24.9. The number of benzene rings is 1. The minimum absolute atomic E-state index is 0.455. The summed E-state index contributed by atoms with van der Waals surface area (Å²) in [6, 6.07) is 9.55. The molecule has 112 valence electrons. The molecule has 1 saturated heterocycles. The van der Waals surface area contributed by atoms with E-state index in [2.05, 4.69) is 57.5 Å². The smallest absolute Gasteiger partial charge is 0.0715 e. The van der Waals surface area contributed by atoms with Gasteiger partial charge < -0.3 is 10.4 Å². The number of halogens is 1. The molecule has 4 heteroatoms. The highest BCUT2D eigenvalue weighted by molar-refractivity contribution is 9.10. The monoisotopic (exact) mass is 340 g/mol. The molecule has 1 heterocycles. The Morgan fingerprint density at radius 3 is 2.60 bits per heavy atom. The second-order valence-electron chi connectivity index (χ2n) is 6.46. The van der Waals surface area contributed by atoms with Crippen LogP contribution in [0.1, 0.15) is 38.3 Å². The summed E-state index contributed by atoms with van der Waals surface area (Å²) in [5.74, 6) is 0. The van der Waals surface area contributed by atoms with Crippen LogP contribution in [-0.2, 0) is 0 Å². The third-order valence-corrected chi connectivity index (χ3v) is 4.48. The molecule has 1 fully saturated rings. The molecule has 0 spiro atoms. The first-order valence-corrected chi connectivity index (χ1v) is 8.06. The third-order valence-electron chi connectivity index (χ3n) is 3.95. The van der Waals surface area contributed by atoms with Gasteiger partial charge in [0.2, 0.25) is 0 Å². The number of nitrogens with one attached hydrogen (secondary N) is 1. The Balaban J connectivity index is 1.99. The van der Waals surface area contributed by atoms with Crippen molar-refractivity contribution in [3.8, 4) is 0 Å². The highest BCUT2D eigenvalue weighted by Gasteiger charge is 2.27. The number of piperidine rings is 1. The van der Waals surface area contributed by atoms with Crippen molar-refractivity contribution < 1.29 is 5.11 Å². The minimum atomic E-state index is -0.642. The van der Waals surface area contributed by atoms with Crippen LogP contribution in [0.15, 0.2) is 28.7 Å². The van der Waals surface area contributed by atoms with Crippen molar-refractivity contribution in [2.24, 2.45) is 0 Å². The van der Waals surface area contributed by atoms with Crippen molar-refractivity contribution in [2.45, 2.75) is 44.4 Å². The van der Waals surface area contributed by atoms with E-state index in [0.29, 0.717) is 18.6 Å². The van der Waals surface area contributed by atoms with Crippen LogP contribution in [0.2, 0.25) is 0 Å². The van der Waals surface area contributed by atoms with Crippen LogP contribution in [0.5, 0.6) is 0 Å². The van der Waals surface area contributed by atoms with Crippen LogP contribution in [0.25, 0.3) is 0 Å². The van der Waals surface area contributed by atoms with Gasteiger partial charge in [-0.05, 0) is 58.0 Å². The molecule has 0 aromatic heterocycles. The summed E-state index contributed by atoms with van der Waals surface area (Å²) in [6.45, 7) is 5.43. The van der Waals surface area contributed by atoms with Crippen molar-refractivity contribution >= 4 is 15.9 Å². The Morgan fingerprint density at radius 1 is 1.35 bits per heavy atom. The van der Waals surface area contributed by atoms with Gasteiger partial charge in [0.05, 0.1) is 5.60 Å². The van der Waals surface area contributed by atoms with Gasteiger partial charge in [-0.25, -0.2) is 0 Å². The number of hydrogen-bond donors (Lipinski definition) is 2. The van der Waals surface area contributed by atoms with E-state index in [1.165, 1.54) is 5.56 Å². The van der Waals surface area contributed by atoms with Crippen molar-refractivity contribution in [1.29, 1.82) is 0 Å². The Labute approximate surface area is 130 Å². The highest BCUT2D eigenvalue weighted by Crippen LogP contribution is 2.30. The SMILES string of the molecule is CN1CCC(NCC(C)(C)O)CC1c1ccc(Br)cc1. The summed E-state index contributed by atoms with van der Waals surface area (Å²) in [4.78, 5) is 2.42. The van der Waals surface area contributed by atoms with Crippen LogP contribution in [0.3, 0.4) is 0 Å². The Kier molecular flexibility index (Phi) is 5.24. The zero-order valence-corrected chi connectivity index (χ0v) is 14.2. The average Bonchev–Trinajstić information content (AvgIpc) is 2.38. The summed E-state index contributed by atoms with van der Waals surface area (Å²) >= 11 is 3.49. The first kappa shape index (κ1) is 16.0. The lowest BCUT2D eigenvalue weighted by Crippen LogP contribution is -2.46. The lowest BCUT2D eigenvalue weighted by molar-refractivity contribution is 0.0683. The standard InChI is InChI=1S/C16H25BrN2O/c1-16(2,20)11-18-14-8-9-19(3)15(10-14)12-4-6-13(17)7-5-12/h4-7,14-15,18,20H,8-11H2,1-3H3. The summed E-state index contributed by atoms with van der Waals surface area (Å²) in [5.41, 5.74) is 0.724. The molecule has 2 atom stereocenters. The molecule has 1 aliphatic heterocycles. The minimum Gasteiger partial charge on any atom is -0.389 e. The molecule has 20 heavy (non-hydrogen) atoms. The molecule has 0 saturated carbocycles. The molecule has 0 amide bonds. The molecular formula is C16H25BrN2O. The zero-order chi connectivity index (χ0) is 14.8. The summed E-state index contributed by atoms with van der Waals surface area (Å²) < 4.78 is 1.12. The molecule has 1 aromatic carbocycles. The van der Waals surface area contributed by atoms with E-state index in [1.54, 1.807) is 0 Å².